The fourth-order valence-corrected chi connectivity index (χ4v) is 3.22. The van der Waals surface area contributed by atoms with Gasteiger partial charge in [0.25, 0.3) is 0 Å². The highest BCUT2D eigenvalue weighted by atomic mass is 35.5. The van der Waals surface area contributed by atoms with Crippen molar-refractivity contribution in [2.45, 2.75) is 18.3 Å². The number of ether oxygens (including phenoxy) is 2. The zero-order valence-corrected chi connectivity index (χ0v) is 13.8. The number of nitrogens with zero attached hydrogens (tertiary/aromatic N) is 2. The molecule has 0 atom stereocenters. The van der Waals surface area contributed by atoms with E-state index in [1.54, 1.807) is 25.7 Å². The minimum absolute atomic E-state index is 0.105. The lowest BCUT2D eigenvalue weighted by Crippen LogP contribution is -2.40. The number of benzene rings is 1. The van der Waals surface area contributed by atoms with E-state index in [-0.39, 0.29) is 5.41 Å². The number of anilines is 1. The van der Waals surface area contributed by atoms with Gasteiger partial charge >= 0.3 is 0 Å². The molecule has 0 unspecified atom stereocenters. The Labute approximate surface area is 141 Å². The summed E-state index contributed by atoms with van der Waals surface area (Å²) in [5, 5.41) is 4.11. The third-order valence-corrected chi connectivity index (χ3v) is 4.59. The predicted molar refractivity (Wildman–Crippen MR) is 90.3 cm³/mol. The number of aromatic nitrogens is 2. The van der Waals surface area contributed by atoms with Crippen LogP contribution in [0.4, 0.5) is 5.82 Å². The van der Waals surface area contributed by atoms with E-state index >= 15 is 0 Å². The second-order valence-electron chi connectivity index (χ2n) is 5.68. The Morgan fingerprint density at radius 2 is 2.13 bits per heavy atom. The number of halogens is 1. The number of hydrogen-bond acceptors (Lipinski definition) is 5. The summed E-state index contributed by atoms with van der Waals surface area (Å²) in [4.78, 5) is 8.38. The van der Waals surface area contributed by atoms with E-state index in [1.807, 2.05) is 18.2 Å². The Balaban J connectivity index is 1.92. The second-order valence-corrected chi connectivity index (χ2v) is 6.12. The molecule has 0 spiro atoms. The molecule has 0 amide bonds. The quantitative estimate of drug-likeness (QED) is 0.909. The lowest BCUT2D eigenvalue weighted by molar-refractivity contribution is 0.0535. The number of nitrogens with one attached hydrogen (secondary N) is 1. The average molecular weight is 334 g/mol. The van der Waals surface area contributed by atoms with E-state index in [9.17, 15) is 0 Å². The van der Waals surface area contributed by atoms with Crippen LogP contribution in [0.5, 0.6) is 5.75 Å². The van der Waals surface area contributed by atoms with Crippen molar-refractivity contribution in [1.29, 1.82) is 0 Å². The van der Waals surface area contributed by atoms with Gasteiger partial charge < -0.3 is 14.8 Å². The minimum atomic E-state index is -0.105. The number of hydrogen-bond donors (Lipinski definition) is 1. The van der Waals surface area contributed by atoms with Gasteiger partial charge in [-0.25, -0.2) is 4.98 Å². The van der Waals surface area contributed by atoms with Crippen molar-refractivity contribution in [2.75, 3.05) is 32.2 Å². The Bertz CT molecular complexity index is 646. The summed E-state index contributed by atoms with van der Waals surface area (Å²) in [7, 11) is 1.69. The average Bonchev–Trinajstić information content (AvgIpc) is 2.62. The molecule has 1 N–H and O–H groups in total. The molecule has 2 heterocycles. The van der Waals surface area contributed by atoms with Gasteiger partial charge in [0.15, 0.2) is 0 Å². The first-order chi connectivity index (χ1) is 11.2. The molecule has 1 aliphatic rings. The summed E-state index contributed by atoms with van der Waals surface area (Å²) in [6, 6.07) is 5.79. The van der Waals surface area contributed by atoms with E-state index in [0.29, 0.717) is 5.02 Å². The summed E-state index contributed by atoms with van der Waals surface area (Å²) >= 11 is 6.24. The minimum Gasteiger partial charge on any atom is -0.496 e. The summed E-state index contributed by atoms with van der Waals surface area (Å²) in [5.41, 5.74) is 1.01. The van der Waals surface area contributed by atoms with Crippen molar-refractivity contribution in [3.8, 4) is 5.75 Å². The summed E-state index contributed by atoms with van der Waals surface area (Å²) in [5.74, 6) is 1.62. The molecule has 1 saturated heterocycles. The van der Waals surface area contributed by atoms with Gasteiger partial charge in [-0.05, 0) is 31.0 Å². The highest BCUT2D eigenvalue weighted by Crippen LogP contribution is 2.41. The first kappa shape index (κ1) is 16.0. The standard InChI is InChI=1S/C17H20ClN3O2/c1-22-15-3-2-13(18)10-14(15)17(4-8-23-9-5-17)12-21-16-11-19-6-7-20-16/h2-3,6-7,10-11H,4-5,8-9,12H2,1H3,(H,20,21). The maximum Gasteiger partial charge on any atom is 0.144 e. The molecule has 5 nitrogen and oxygen atoms in total. The third kappa shape index (κ3) is 3.57. The topological polar surface area (TPSA) is 56.3 Å². The van der Waals surface area contributed by atoms with Crippen LogP contribution in [-0.4, -0.2) is 36.8 Å². The molecule has 6 heteroatoms. The Morgan fingerprint density at radius 1 is 1.30 bits per heavy atom. The van der Waals surface area contributed by atoms with Gasteiger partial charge in [-0.3, -0.25) is 4.98 Å². The Hall–Kier alpha value is -1.85. The van der Waals surface area contributed by atoms with Crippen LogP contribution >= 0.6 is 11.6 Å². The van der Waals surface area contributed by atoms with E-state index in [2.05, 4.69) is 15.3 Å². The van der Waals surface area contributed by atoms with Gasteiger partial charge in [0.1, 0.15) is 11.6 Å². The van der Waals surface area contributed by atoms with Crippen LogP contribution in [-0.2, 0) is 10.2 Å². The van der Waals surface area contributed by atoms with Gasteiger partial charge in [-0.2, -0.15) is 0 Å². The Morgan fingerprint density at radius 3 is 2.83 bits per heavy atom. The zero-order chi connectivity index (χ0) is 16.1. The van der Waals surface area contributed by atoms with Crippen molar-refractivity contribution in [2.24, 2.45) is 0 Å². The molecule has 1 aliphatic heterocycles. The highest BCUT2D eigenvalue weighted by molar-refractivity contribution is 6.30. The zero-order valence-electron chi connectivity index (χ0n) is 13.1. The van der Waals surface area contributed by atoms with E-state index < -0.39 is 0 Å². The van der Waals surface area contributed by atoms with Crippen LogP contribution < -0.4 is 10.1 Å². The van der Waals surface area contributed by atoms with Crippen LogP contribution in [0.15, 0.2) is 36.8 Å². The number of methoxy groups -OCH3 is 1. The predicted octanol–water partition coefficient (Wildman–Crippen LogP) is 3.30. The maximum absolute atomic E-state index is 6.24. The molecular weight excluding hydrogens is 314 g/mol. The van der Waals surface area contributed by atoms with Crippen molar-refractivity contribution >= 4 is 17.4 Å². The van der Waals surface area contributed by atoms with Crippen LogP contribution in [0.2, 0.25) is 5.02 Å². The normalized spacial score (nSPS) is 16.8. The fourth-order valence-electron chi connectivity index (χ4n) is 3.05. The molecule has 1 aromatic heterocycles. The molecule has 122 valence electrons. The van der Waals surface area contributed by atoms with E-state index in [1.165, 1.54) is 0 Å². The highest BCUT2D eigenvalue weighted by Gasteiger charge is 2.37. The van der Waals surface area contributed by atoms with Crippen molar-refractivity contribution in [3.05, 3.63) is 47.4 Å². The molecule has 1 fully saturated rings. The fraction of sp³-hybridized carbons (Fsp3) is 0.412. The SMILES string of the molecule is COc1ccc(Cl)cc1C1(CNc2cnccn2)CCOCC1. The van der Waals surface area contributed by atoms with E-state index in [0.717, 1.165) is 49.7 Å². The molecule has 0 saturated carbocycles. The first-order valence-corrected chi connectivity index (χ1v) is 8.03. The molecule has 2 aromatic rings. The smallest absolute Gasteiger partial charge is 0.144 e. The largest absolute Gasteiger partial charge is 0.496 e. The van der Waals surface area contributed by atoms with Gasteiger partial charge in [-0.15, -0.1) is 0 Å². The van der Waals surface area contributed by atoms with Gasteiger partial charge in [0.2, 0.25) is 0 Å². The van der Waals surface area contributed by atoms with Crippen molar-refractivity contribution in [3.63, 3.8) is 0 Å². The van der Waals surface area contributed by atoms with Crippen LogP contribution in [0, 0.1) is 0 Å². The van der Waals surface area contributed by atoms with Crippen LogP contribution in [0.3, 0.4) is 0 Å². The van der Waals surface area contributed by atoms with Gasteiger partial charge in [-0.1, -0.05) is 11.6 Å². The van der Waals surface area contributed by atoms with Crippen LogP contribution in [0.1, 0.15) is 18.4 Å². The molecule has 0 bridgehead atoms. The Kier molecular flexibility index (Phi) is 4.98. The summed E-state index contributed by atoms with van der Waals surface area (Å²) in [6.07, 6.45) is 6.87. The van der Waals surface area contributed by atoms with Crippen molar-refractivity contribution < 1.29 is 9.47 Å². The summed E-state index contributed by atoms with van der Waals surface area (Å²) < 4.78 is 11.1. The van der Waals surface area contributed by atoms with Gasteiger partial charge in [0.05, 0.1) is 13.3 Å². The molecule has 0 aliphatic carbocycles. The second kappa shape index (κ2) is 7.15. The third-order valence-electron chi connectivity index (χ3n) is 4.35. The summed E-state index contributed by atoms with van der Waals surface area (Å²) in [6.45, 7) is 2.17. The first-order valence-electron chi connectivity index (χ1n) is 7.65. The van der Waals surface area contributed by atoms with E-state index in [4.69, 9.17) is 21.1 Å². The molecule has 1 aromatic carbocycles. The van der Waals surface area contributed by atoms with Crippen LogP contribution in [0.25, 0.3) is 0 Å². The van der Waals surface area contributed by atoms with Gasteiger partial charge in [0, 0.05) is 48.2 Å². The molecule has 0 radical (unpaired) electrons. The van der Waals surface area contributed by atoms with Crippen molar-refractivity contribution in [1.82, 2.24) is 9.97 Å². The monoisotopic (exact) mass is 333 g/mol. The molecule has 3 rings (SSSR count). The number of rotatable bonds is 5. The lowest BCUT2D eigenvalue weighted by Gasteiger charge is -2.38. The molecule has 23 heavy (non-hydrogen) atoms. The molecular formula is C17H20ClN3O2. The maximum atomic E-state index is 6.24. The lowest BCUT2D eigenvalue weighted by atomic mass is 9.73.